The third-order valence-corrected chi connectivity index (χ3v) is 9.02. The molecule has 5 aromatic rings. The van der Waals surface area contributed by atoms with Crippen LogP contribution in [0.2, 0.25) is 0 Å². The zero-order valence-electron chi connectivity index (χ0n) is 22.8. The van der Waals surface area contributed by atoms with Gasteiger partial charge in [-0.1, -0.05) is 60.2 Å². The fourth-order valence-electron chi connectivity index (χ4n) is 5.46. The van der Waals surface area contributed by atoms with E-state index in [0.29, 0.717) is 25.3 Å². The number of benzene rings is 3. The Morgan fingerprint density at radius 2 is 1.68 bits per heavy atom. The van der Waals surface area contributed by atoms with Gasteiger partial charge in [-0.05, 0) is 68.0 Å². The summed E-state index contributed by atoms with van der Waals surface area (Å²) in [5, 5.41) is 0.799. The van der Waals surface area contributed by atoms with Crippen LogP contribution in [0.15, 0.2) is 96.3 Å². The Morgan fingerprint density at radius 3 is 2.44 bits per heavy atom. The molecule has 0 atom stereocenters. The van der Waals surface area contributed by atoms with E-state index in [1.165, 1.54) is 6.33 Å². The van der Waals surface area contributed by atoms with E-state index in [-0.39, 0.29) is 17.0 Å². The van der Waals surface area contributed by atoms with Crippen molar-refractivity contribution in [1.82, 2.24) is 14.5 Å². The van der Waals surface area contributed by atoms with E-state index in [9.17, 15) is 8.42 Å². The Bertz CT molecular complexity index is 1760. The quantitative estimate of drug-likeness (QED) is 0.214. The number of ether oxygens (including phenoxy) is 1. The molecule has 41 heavy (non-hydrogen) atoms. The van der Waals surface area contributed by atoms with Crippen LogP contribution >= 0.6 is 0 Å². The first-order chi connectivity index (χ1) is 19.9. The van der Waals surface area contributed by atoms with Crippen LogP contribution in [-0.4, -0.2) is 29.1 Å². The molecule has 210 valence electrons. The summed E-state index contributed by atoms with van der Waals surface area (Å²) in [5.74, 6) is 1.18. The Balaban J connectivity index is 1.21. The molecule has 2 aromatic heterocycles. The average Bonchev–Trinajstić information content (AvgIpc) is 3.38. The standard InChI is InChI=1S/C32H32N4O4S/c1-22-10-16-28(17-11-22)41(37,38)40-26-14-12-25(13-15-26)36-19-29(30-31(33)34-21-35-32(30)36)24-8-5-9-27(18-24)39-20-23-6-3-2-4-7-23/h2-11,16-19,21,25-26H,12-15,20H2,1H3,(H2,33,34,35). The maximum atomic E-state index is 12.8. The lowest BCUT2D eigenvalue weighted by atomic mass is 9.93. The van der Waals surface area contributed by atoms with Gasteiger partial charge >= 0.3 is 0 Å². The van der Waals surface area contributed by atoms with E-state index < -0.39 is 10.1 Å². The van der Waals surface area contributed by atoms with Crippen molar-refractivity contribution in [1.29, 1.82) is 0 Å². The molecule has 1 aliphatic rings. The van der Waals surface area contributed by atoms with E-state index in [2.05, 4.69) is 20.7 Å². The van der Waals surface area contributed by atoms with Gasteiger partial charge in [-0.15, -0.1) is 0 Å². The van der Waals surface area contributed by atoms with E-state index in [1.54, 1.807) is 24.3 Å². The van der Waals surface area contributed by atoms with Gasteiger partial charge in [-0.3, -0.25) is 4.18 Å². The zero-order chi connectivity index (χ0) is 28.4. The van der Waals surface area contributed by atoms with E-state index >= 15 is 0 Å². The van der Waals surface area contributed by atoms with Gasteiger partial charge in [0.15, 0.2) is 0 Å². The molecule has 3 aromatic carbocycles. The molecule has 9 heteroatoms. The molecular weight excluding hydrogens is 536 g/mol. The van der Waals surface area contributed by atoms with Crippen LogP contribution < -0.4 is 10.5 Å². The summed E-state index contributed by atoms with van der Waals surface area (Å²) in [6.07, 6.45) is 5.95. The third kappa shape index (κ3) is 5.82. The molecule has 0 saturated heterocycles. The summed E-state index contributed by atoms with van der Waals surface area (Å²) in [6.45, 7) is 2.40. The van der Waals surface area contributed by atoms with Crippen LogP contribution in [0, 0.1) is 6.92 Å². The van der Waals surface area contributed by atoms with Crippen LogP contribution in [0.3, 0.4) is 0 Å². The Kier molecular flexibility index (Phi) is 7.47. The number of rotatable bonds is 8. The first kappa shape index (κ1) is 27.0. The van der Waals surface area contributed by atoms with Crippen molar-refractivity contribution in [3.05, 3.63) is 103 Å². The number of hydrogen-bond acceptors (Lipinski definition) is 7. The monoisotopic (exact) mass is 568 g/mol. The lowest BCUT2D eigenvalue weighted by Crippen LogP contribution is -2.26. The minimum atomic E-state index is -3.81. The molecule has 0 unspecified atom stereocenters. The molecule has 1 saturated carbocycles. The van der Waals surface area contributed by atoms with Gasteiger partial charge in [0.2, 0.25) is 0 Å². The first-order valence-corrected chi connectivity index (χ1v) is 15.2. The molecule has 0 bridgehead atoms. The zero-order valence-corrected chi connectivity index (χ0v) is 23.6. The topological polar surface area (TPSA) is 109 Å². The van der Waals surface area contributed by atoms with Gasteiger partial charge in [0.25, 0.3) is 10.1 Å². The Labute approximate surface area is 239 Å². The molecule has 0 radical (unpaired) electrons. The molecule has 0 aliphatic heterocycles. The lowest BCUT2D eigenvalue weighted by molar-refractivity contribution is 0.140. The molecular formula is C32H32N4O4S. The number of aromatic nitrogens is 3. The average molecular weight is 569 g/mol. The first-order valence-electron chi connectivity index (χ1n) is 13.8. The van der Waals surface area contributed by atoms with Crippen LogP contribution in [0.4, 0.5) is 5.82 Å². The predicted octanol–water partition coefficient (Wildman–Crippen LogP) is 6.46. The van der Waals surface area contributed by atoms with Crippen molar-refractivity contribution >= 4 is 27.0 Å². The van der Waals surface area contributed by atoms with Crippen molar-refractivity contribution in [2.45, 2.75) is 56.3 Å². The van der Waals surface area contributed by atoms with E-state index in [4.69, 9.17) is 14.7 Å². The van der Waals surface area contributed by atoms with Crippen molar-refractivity contribution in [3.8, 4) is 16.9 Å². The minimum Gasteiger partial charge on any atom is -0.489 e. The number of nitrogens with two attached hydrogens (primary N) is 1. The van der Waals surface area contributed by atoms with Gasteiger partial charge in [0.05, 0.1) is 16.4 Å². The summed E-state index contributed by atoms with van der Waals surface area (Å²) >= 11 is 0. The molecule has 2 heterocycles. The molecule has 0 amide bonds. The van der Waals surface area contributed by atoms with Crippen molar-refractivity contribution in [2.75, 3.05) is 5.73 Å². The largest absolute Gasteiger partial charge is 0.489 e. The summed E-state index contributed by atoms with van der Waals surface area (Å²) in [6, 6.07) is 24.9. The highest BCUT2D eigenvalue weighted by atomic mass is 32.2. The molecule has 2 N–H and O–H groups in total. The normalized spacial score (nSPS) is 17.5. The fraction of sp³-hybridized carbons (Fsp3) is 0.250. The molecule has 8 nitrogen and oxygen atoms in total. The van der Waals surface area contributed by atoms with Crippen molar-refractivity contribution in [2.24, 2.45) is 0 Å². The SMILES string of the molecule is Cc1ccc(S(=O)(=O)OC2CCC(n3cc(-c4cccc(OCc5ccccc5)c4)c4c(N)ncnc43)CC2)cc1. The number of nitrogens with zero attached hydrogens (tertiary/aromatic N) is 3. The fourth-order valence-corrected chi connectivity index (χ4v) is 6.59. The number of hydrogen-bond donors (Lipinski definition) is 1. The number of nitrogen functional groups attached to an aromatic ring is 1. The summed E-state index contributed by atoms with van der Waals surface area (Å²) in [5.41, 5.74) is 11.1. The highest BCUT2D eigenvalue weighted by Gasteiger charge is 2.29. The maximum Gasteiger partial charge on any atom is 0.297 e. The lowest BCUT2D eigenvalue weighted by Gasteiger charge is -2.29. The molecule has 1 aliphatic carbocycles. The van der Waals surface area contributed by atoms with Crippen molar-refractivity contribution in [3.63, 3.8) is 0 Å². The van der Waals surface area contributed by atoms with Crippen LogP contribution in [0.1, 0.15) is 42.9 Å². The van der Waals surface area contributed by atoms with Gasteiger partial charge in [-0.2, -0.15) is 8.42 Å². The summed E-state index contributed by atoms with van der Waals surface area (Å²) in [4.78, 5) is 9.06. The van der Waals surface area contributed by atoms with Crippen molar-refractivity contribution < 1.29 is 17.3 Å². The highest BCUT2D eigenvalue weighted by molar-refractivity contribution is 7.86. The van der Waals surface area contributed by atoms with Crippen LogP contribution in [-0.2, 0) is 20.9 Å². The van der Waals surface area contributed by atoms with E-state index in [0.717, 1.165) is 51.9 Å². The van der Waals surface area contributed by atoms with Crippen LogP contribution in [0.5, 0.6) is 5.75 Å². The minimum absolute atomic E-state index is 0.125. The van der Waals surface area contributed by atoms with Gasteiger partial charge in [0, 0.05) is 17.8 Å². The third-order valence-electron chi connectivity index (χ3n) is 7.64. The van der Waals surface area contributed by atoms with Gasteiger partial charge in [0.1, 0.15) is 30.1 Å². The second-order valence-electron chi connectivity index (χ2n) is 10.5. The molecule has 6 rings (SSSR count). The smallest absolute Gasteiger partial charge is 0.297 e. The van der Waals surface area contributed by atoms with Gasteiger partial charge < -0.3 is 15.0 Å². The van der Waals surface area contributed by atoms with E-state index in [1.807, 2.05) is 61.5 Å². The number of anilines is 1. The predicted molar refractivity (Wildman–Crippen MR) is 159 cm³/mol. The molecule has 0 spiro atoms. The maximum absolute atomic E-state index is 12.8. The molecule has 1 fully saturated rings. The highest BCUT2D eigenvalue weighted by Crippen LogP contribution is 2.39. The van der Waals surface area contributed by atoms with Crippen LogP contribution in [0.25, 0.3) is 22.2 Å². The second kappa shape index (κ2) is 11.3. The number of aryl methyl sites for hydroxylation is 1. The van der Waals surface area contributed by atoms with Gasteiger partial charge in [-0.25, -0.2) is 9.97 Å². The summed E-state index contributed by atoms with van der Waals surface area (Å²) < 4.78 is 39.5. The summed E-state index contributed by atoms with van der Waals surface area (Å²) in [7, 11) is -3.81. The Hall–Kier alpha value is -4.21. The second-order valence-corrected chi connectivity index (χ2v) is 12.1. The number of fused-ring (bicyclic) bond motifs is 1. The Morgan fingerprint density at radius 1 is 0.927 bits per heavy atom.